The average Bonchev–Trinajstić information content (AvgIpc) is 3.08. The molecular formula is C22H26O6. The first-order valence-electron chi connectivity index (χ1n) is 9.27. The van der Waals surface area contributed by atoms with Gasteiger partial charge in [0.25, 0.3) is 0 Å². The van der Waals surface area contributed by atoms with Crippen LogP contribution in [0.15, 0.2) is 55.8 Å². The van der Waals surface area contributed by atoms with Gasteiger partial charge in [-0.05, 0) is 51.8 Å². The minimum absolute atomic E-state index is 0.233. The third-order valence-electron chi connectivity index (χ3n) is 4.84. The van der Waals surface area contributed by atoms with Crippen molar-refractivity contribution in [1.82, 2.24) is 0 Å². The molecule has 0 aliphatic heterocycles. The molecule has 1 N–H and O–H groups in total. The maximum Gasteiger partial charge on any atom is 0.336 e. The zero-order valence-corrected chi connectivity index (χ0v) is 16.7. The maximum absolute atomic E-state index is 11.5. The van der Waals surface area contributed by atoms with Crippen LogP contribution < -0.4 is 10.4 Å². The molecule has 0 fully saturated rings. The van der Waals surface area contributed by atoms with E-state index in [2.05, 4.69) is 0 Å². The van der Waals surface area contributed by atoms with E-state index in [1.807, 2.05) is 19.1 Å². The number of ether oxygens (including phenoxy) is 2. The highest BCUT2D eigenvalue weighted by Gasteiger charge is 2.26. The molecule has 2 aromatic heterocycles. The van der Waals surface area contributed by atoms with E-state index in [4.69, 9.17) is 18.3 Å². The monoisotopic (exact) mass is 386 g/mol. The molecule has 1 aromatic carbocycles. The Kier molecular flexibility index (Phi) is 5.91. The number of aliphatic hydroxyl groups is 1. The third-order valence-corrected chi connectivity index (χ3v) is 4.84. The molecular weight excluding hydrogens is 360 g/mol. The summed E-state index contributed by atoms with van der Waals surface area (Å²) < 4.78 is 22.1. The highest BCUT2D eigenvalue weighted by atomic mass is 16.5. The molecule has 0 amide bonds. The first-order chi connectivity index (χ1) is 13.3. The van der Waals surface area contributed by atoms with Gasteiger partial charge in [0.15, 0.2) is 0 Å². The Morgan fingerprint density at radius 2 is 2.00 bits per heavy atom. The minimum atomic E-state index is -0.884. The topological polar surface area (TPSA) is 82.0 Å². The Balaban J connectivity index is 1.75. The van der Waals surface area contributed by atoms with Crippen molar-refractivity contribution in [3.05, 3.63) is 52.6 Å². The summed E-state index contributed by atoms with van der Waals surface area (Å²) >= 11 is 0. The first kappa shape index (κ1) is 20.2. The van der Waals surface area contributed by atoms with E-state index in [1.54, 1.807) is 39.4 Å². The number of rotatable bonds is 8. The van der Waals surface area contributed by atoms with E-state index < -0.39 is 11.2 Å². The van der Waals surface area contributed by atoms with Gasteiger partial charge in [0.1, 0.15) is 23.5 Å². The molecule has 0 unspecified atom stereocenters. The van der Waals surface area contributed by atoms with E-state index >= 15 is 0 Å². The van der Waals surface area contributed by atoms with Crippen molar-refractivity contribution in [2.24, 2.45) is 0 Å². The quantitative estimate of drug-likeness (QED) is 0.456. The molecule has 0 saturated heterocycles. The second kappa shape index (κ2) is 8.20. The SMILES string of the molecule is CO[C@@H](CC/C(C)=C/COc1c2ccoc2cc2oc(=O)ccc12)C(C)(C)O. The molecule has 150 valence electrons. The highest BCUT2D eigenvalue weighted by Crippen LogP contribution is 2.35. The number of furan rings is 1. The molecule has 6 heteroatoms. The van der Waals surface area contributed by atoms with Crippen LogP contribution in [0.25, 0.3) is 21.9 Å². The van der Waals surface area contributed by atoms with Gasteiger partial charge in [-0.15, -0.1) is 0 Å². The summed E-state index contributed by atoms with van der Waals surface area (Å²) in [5.74, 6) is 0.625. The van der Waals surface area contributed by atoms with Gasteiger partial charge in [0.2, 0.25) is 0 Å². The van der Waals surface area contributed by atoms with E-state index in [0.717, 1.165) is 22.8 Å². The molecule has 3 rings (SSSR count). The van der Waals surface area contributed by atoms with Crippen molar-refractivity contribution >= 4 is 21.9 Å². The number of methoxy groups -OCH3 is 1. The normalized spacial score (nSPS) is 14.0. The predicted octanol–water partition coefficient (Wildman–Crippen LogP) is 4.43. The molecule has 0 saturated carbocycles. The lowest BCUT2D eigenvalue weighted by Crippen LogP contribution is -2.37. The summed E-state index contributed by atoms with van der Waals surface area (Å²) in [5.41, 5.74) is 0.871. The van der Waals surface area contributed by atoms with E-state index in [1.165, 1.54) is 6.07 Å². The van der Waals surface area contributed by atoms with E-state index in [-0.39, 0.29) is 6.10 Å². The summed E-state index contributed by atoms with van der Waals surface area (Å²) in [5, 5.41) is 11.7. The predicted molar refractivity (Wildman–Crippen MR) is 108 cm³/mol. The molecule has 0 aliphatic carbocycles. The maximum atomic E-state index is 11.5. The van der Waals surface area contributed by atoms with Crippen LogP contribution in [-0.4, -0.2) is 30.5 Å². The van der Waals surface area contributed by atoms with Crippen LogP contribution in [0, 0.1) is 0 Å². The lowest BCUT2D eigenvalue weighted by molar-refractivity contribution is -0.0728. The zero-order valence-electron chi connectivity index (χ0n) is 16.7. The second-order valence-electron chi connectivity index (χ2n) is 7.48. The number of benzene rings is 1. The van der Waals surface area contributed by atoms with Gasteiger partial charge in [-0.3, -0.25) is 0 Å². The van der Waals surface area contributed by atoms with Gasteiger partial charge in [0, 0.05) is 19.2 Å². The summed E-state index contributed by atoms with van der Waals surface area (Å²) in [6.45, 7) is 5.89. The summed E-state index contributed by atoms with van der Waals surface area (Å²) in [6, 6.07) is 6.61. The molecule has 0 bridgehead atoms. The molecule has 6 nitrogen and oxygen atoms in total. The largest absolute Gasteiger partial charge is 0.488 e. The number of allylic oxidation sites excluding steroid dienone is 1. The van der Waals surface area contributed by atoms with Crippen LogP contribution in [-0.2, 0) is 4.74 Å². The average molecular weight is 386 g/mol. The summed E-state index contributed by atoms with van der Waals surface area (Å²) in [4.78, 5) is 11.5. The number of fused-ring (bicyclic) bond motifs is 2. The van der Waals surface area contributed by atoms with Crippen molar-refractivity contribution in [3.63, 3.8) is 0 Å². The van der Waals surface area contributed by atoms with Crippen LogP contribution in [0.3, 0.4) is 0 Å². The molecule has 3 aromatic rings. The van der Waals surface area contributed by atoms with Crippen LogP contribution in [0.4, 0.5) is 0 Å². The molecule has 1 atom stereocenters. The Hall–Kier alpha value is -2.57. The van der Waals surface area contributed by atoms with Crippen LogP contribution >= 0.6 is 0 Å². The third kappa shape index (κ3) is 4.46. The zero-order chi connectivity index (χ0) is 20.3. The lowest BCUT2D eigenvalue weighted by Gasteiger charge is -2.28. The Labute approximate surface area is 163 Å². The molecule has 0 aliphatic rings. The summed E-state index contributed by atoms with van der Waals surface area (Å²) in [7, 11) is 1.61. The van der Waals surface area contributed by atoms with Crippen molar-refractivity contribution in [3.8, 4) is 5.75 Å². The Morgan fingerprint density at radius 3 is 2.71 bits per heavy atom. The van der Waals surface area contributed by atoms with Gasteiger partial charge in [-0.1, -0.05) is 5.57 Å². The van der Waals surface area contributed by atoms with Crippen molar-refractivity contribution < 1.29 is 23.4 Å². The second-order valence-corrected chi connectivity index (χ2v) is 7.48. The minimum Gasteiger partial charge on any atom is -0.488 e. The van der Waals surface area contributed by atoms with Crippen LogP contribution in [0.1, 0.15) is 33.6 Å². The van der Waals surface area contributed by atoms with Crippen LogP contribution in [0.2, 0.25) is 0 Å². The highest BCUT2D eigenvalue weighted by molar-refractivity contribution is 6.01. The molecule has 0 spiro atoms. The first-order valence-corrected chi connectivity index (χ1v) is 9.27. The van der Waals surface area contributed by atoms with Gasteiger partial charge in [-0.25, -0.2) is 4.79 Å². The molecule has 0 radical (unpaired) electrons. The van der Waals surface area contributed by atoms with Gasteiger partial charge < -0.3 is 23.4 Å². The van der Waals surface area contributed by atoms with E-state index in [0.29, 0.717) is 29.9 Å². The fraction of sp³-hybridized carbons (Fsp3) is 0.409. The Morgan fingerprint density at radius 1 is 1.25 bits per heavy atom. The number of hydrogen-bond acceptors (Lipinski definition) is 6. The lowest BCUT2D eigenvalue weighted by atomic mass is 9.95. The van der Waals surface area contributed by atoms with Gasteiger partial charge in [0.05, 0.1) is 28.7 Å². The number of hydrogen-bond donors (Lipinski definition) is 1. The van der Waals surface area contributed by atoms with Crippen molar-refractivity contribution in [2.75, 3.05) is 13.7 Å². The molecule has 28 heavy (non-hydrogen) atoms. The smallest absolute Gasteiger partial charge is 0.336 e. The van der Waals surface area contributed by atoms with E-state index in [9.17, 15) is 9.90 Å². The standard InChI is InChI=1S/C22H26O6/c1-14(5-7-19(25-4)22(2,3)24)9-11-27-21-15-6-8-20(23)28-18(15)13-17-16(21)10-12-26-17/h6,8-10,12-13,19,24H,5,7,11H2,1-4H3/b14-9+/t19-/m0/s1. The fourth-order valence-electron chi connectivity index (χ4n) is 3.25. The summed E-state index contributed by atoms with van der Waals surface area (Å²) in [6.07, 6.45) is 4.85. The van der Waals surface area contributed by atoms with Crippen molar-refractivity contribution in [1.29, 1.82) is 0 Å². The van der Waals surface area contributed by atoms with Gasteiger partial charge >= 0.3 is 5.63 Å². The van der Waals surface area contributed by atoms with Crippen LogP contribution in [0.5, 0.6) is 5.75 Å². The van der Waals surface area contributed by atoms with Gasteiger partial charge in [-0.2, -0.15) is 0 Å². The molecule has 2 heterocycles. The Bertz CT molecular complexity index is 1030. The fourth-order valence-corrected chi connectivity index (χ4v) is 3.25. The van der Waals surface area contributed by atoms with Crippen molar-refractivity contribution in [2.45, 2.75) is 45.3 Å².